The lowest BCUT2D eigenvalue weighted by Crippen LogP contribution is -2.49. The second-order valence-electron chi connectivity index (χ2n) is 15.4. The van der Waals surface area contributed by atoms with Crippen LogP contribution >= 0.6 is 0 Å². The van der Waals surface area contributed by atoms with Crippen LogP contribution in [0, 0.1) is 0 Å². The highest BCUT2D eigenvalue weighted by Gasteiger charge is 2.29. The van der Waals surface area contributed by atoms with Gasteiger partial charge in [0.15, 0.2) is 5.82 Å². The molecule has 0 radical (unpaired) electrons. The van der Waals surface area contributed by atoms with Crippen molar-refractivity contribution < 1.29 is 24.9 Å². The maximum atomic E-state index is 13.1. The van der Waals surface area contributed by atoms with Crippen LogP contribution in [0.2, 0.25) is 0 Å². The number of hydrogen-bond donors (Lipinski definition) is 6. The standard InChI is InChI=1S/C45H50N10O6/c1-3-7-30-23-35(39(58)25-38(30)57)43-50-51-45(61)55(43)31-12-10-28(11-13-31)26-47-40(59)14-16-46-44-48-36-27-54(37-24-32(56)22-29-8-5-6-9-33(29)37)17-15-34(36)42(49-44)53-20-18-52(19-21-53)41(60)4-2/h5-6,8-13,22-25,56-58H,3-4,7,14-21,26-27H2,1-2H3,(H,47,59)(H,51,61)(H,46,48,49). The molecule has 1 saturated heterocycles. The number of rotatable bonds is 13. The molecule has 6 aromatic rings. The molecule has 1 fully saturated rings. The van der Waals surface area contributed by atoms with Crippen LogP contribution in [0.5, 0.6) is 17.2 Å². The van der Waals surface area contributed by atoms with Crippen LogP contribution in [0.1, 0.15) is 55.5 Å². The second-order valence-corrected chi connectivity index (χ2v) is 15.4. The van der Waals surface area contributed by atoms with Crippen molar-refractivity contribution in [1.82, 2.24) is 34.9 Å². The number of phenols is 3. The van der Waals surface area contributed by atoms with Gasteiger partial charge in [-0.25, -0.2) is 19.4 Å². The Labute approximate surface area is 352 Å². The van der Waals surface area contributed by atoms with Gasteiger partial charge in [-0.3, -0.25) is 9.59 Å². The number of nitrogens with one attached hydrogen (secondary N) is 3. The number of aromatic nitrogens is 5. The van der Waals surface area contributed by atoms with Crippen LogP contribution in [0.25, 0.3) is 27.8 Å². The molecular formula is C45H50N10O6. The number of anilines is 3. The number of nitrogens with zero attached hydrogens (tertiary/aromatic N) is 7. The Morgan fingerprint density at radius 3 is 2.43 bits per heavy atom. The van der Waals surface area contributed by atoms with Crippen molar-refractivity contribution in [1.29, 1.82) is 0 Å². The Bertz CT molecular complexity index is 2630. The van der Waals surface area contributed by atoms with Gasteiger partial charge in [-0.15, -0.1) is 0 Å². The van der Waals surface area contributed by atoms with Gasteiger partial charge >= 0.3 is 5.69 Å². The summed E-state index contributed by atoms with van der Waals surface area (Å²) in [6.45, 7) is 8.18. The monoisotopic (exact) mass is 826 g/mol. The number of carbonyl (C=O) groups excluding carboxylic acids is 2. The number of phenolic OH excluding ortho intramolecular Hbond substituents is 3. The van der Waals surface area contributed by atoms with Crippen molar-refractivity contribution in [2.45, 2.75) is 59.0 Å². The van der Waals surface area contributed by atoms with Gasteiger partial charge in [-0.05, 0) is 53.6 Å². The summed E-state index contributed by atoms with van der Waals surface area (Å²) < 4.78 is 1.35. The molecule has 4 aromatic carbocycles. The van der Waals surface area contributed by atoms with E-state index in [1.165, 1.54) is 10.6 Å². The van der Waals surface area contributed by atoms with Crippen molar-refractivity contribution in [2.75, 3.05) is 54.4 Å². The molecule has 2 aliphatic rings. The predicted octanol–water partition coefficient (Wildman–Crippen LogP) is 4.98. The molecule has 6 N–H and O–H groups in total. The van der Waals surface area contributed by atoms with Crippen molar-refractivity contribution >= 4 is 40.0 Å². The van der Waals surface area contributed by atoms with E-state index in [-0.39, 0.29) is 47.9 Å². The molecule has 2 amide bonds. The van der Waals surface area contributed by atoms with E-state index >= 15 is 0 Å². The third-order valence-electron chi connectivity index (χ3n) is 11.4. The molecule has 16 nitrogen and oxygen atoms in total. The predicted molar refractivity (Wildman–Crippen MR) is 233 cm³/mol. The third-order valence-corrected chi connectivity index (χ3v) is 11.4. The normalized spacial score (nSPS) is 14.0. The first-order valence-electron chi connectivity index (χ1n) is 20.8. The van der Waals surface area contributed by atoms with Gasteiger partial charge in [0.25, 0.3) is 0 Å². The Morgan fingerprint density at radius 1 is 0.869 bits per heavy atom. The zero-order valence-corrected chi connectivity index (χ0v) is 34.3. The van der Waals surface area contributed by atoms with E-state index in [0.717, 1.165) is 45.5 Å². The number of fused-ring (bicyclic) bond motifs is 2. The van der Waals surface area contributed by atoms with E-state index < -0.39 is 5.69 Å². The Balaban J connectivity index is 0.935. The van der Waals surface area contributed by atoms with Gasteiger partial charge in [-0.2, -0.15) is 10.1 Å². The summed E-state index contributed by atoms with van der Waals surface area (Å²) in [4.78, 5) is 54.7. The average Bonchev–Trinajstić information content (AvgIpc) is 3.66. The molecule has 0 aliphatic carbocycles. The molecule has 61 heavy (non-hydrogen) atoms. The van der Waals surface area contributed by atoms with Crippen LogP contribution < -0.4 is 26.1 Å². The molecule has 0 unspecified atom stereocenters. The molecule has 16 heteroatoms. The zero-order valence-electron chi connectivity index (χ0n) is 34.3. The number of carbonyl (C=O) groups is 2. The molecule has 0 spiro atoms. The minimum absolute atomic E-state index is 0.0177. The minimum Gasteiger partial charge on any atom is -0.508 e. The van der Waals surface area contributed by atoms with Gasteiger partial charge in [0.2, 0.25) is 17.8 Å². The summed E-state index contributed by atoms with van der Waals surface area (Å²) in [5.74, 6) is 1.42. The highest BCUT2D eigenvalue weighted by Crippen LogP contribution is 2.37. The van der Waals surface area contributed by atoms with Crippen LogP contribution in [-0.2, 0) is 35.5 Å². The number of aromatic hydroxyl groups is 3. The third kappa shape index (κ3) is 8.65. The number of amides is 2. The Kier molecular flexibility index (Phi) is 11.8. The van der Waals surface area contributed by atoms with E-state index in [4.69, 9.17) is 9.97 Å². The zero-order chi connectivity index (χ0) is 42.6. The van der Waals surface area contributed by atoms with Gasteiger partial charge < -0.3 is 40.7 Å². The van der Waals surface area contributed by atoms with E-state index in [9.17, 15) is 29.7 Å². The van der Waals surface area contributed by atoms with Crippen LogP contribution in [0.4, 0.5) is 17.5 Å². The van der Waals surface area contributed by atoms with Crippen LogP contribution in [-0.4, -0.2) is 96.0 Å². The Hall–Kier alpha value is -7.10. The van der Waals surface area contributed by atoms with E-state index in [2.05, 4.69) is 36.7 Å². The smallest absolute Gasteiger partial charge is 0.348 e. The fourth-order valence-electron chi connectivity index (χ4n) is 8.21. The van der Waals surface area contributed by atoms with E-state index in [1.807, 2.05) is 36.9 Å². The number of piperazine rings is 1. The van der Waals surface area contributed by atoms with Crippen molar-refractivity contribution in [2.24, 2.45) is 0 Å². The second kappa shape index (κ2) is 17.6. The van der Waals surface area contributed by atoms with Crippen molar-refractivity contribution in [3.05, 3.63) is 106 Å². The van der Waals surface area contributed by atoms with E-state index in [1.54, 1.807) is 42.5 Å². The summed E-state index contributed by atoms with van der Waals surface area (Å²) in [5.41, 5.74) is 4.66. The summed E-state index contributed by atoms with van der Waals surface area (Å²) in [7, 11) is 0. The quantitative estimate of drug-likeness (QED) is 0.0913. The van der Waals surface area contributed by atoms with Crippen LogP contribution in [0.15, 0.2) is 77.6 Å². The lowest BCUT2D eigenvalue weighted by atomic mass is 10.0. The largest absolute Gasteiger partial charge is 0.508 e. The first-order valence-corrected chi connectivity index (χ1v) is 20.8. The molecule has 2 aromatic heterocycles. The maximum absolute atomic E-state index is 13.1. The fourth-order valence-corrected chi connectivity index (χ4v) is 8.21. The molecule has 2 aliphatic heterocycles. The maximum Gasteiger partial charge on any atom is 0.348 e. The van der Waals surface area contributed by atoms with Crippen LogP contribution in [0.3, 0.4) is 0 Å². The molecule has 0 atom stereocenters. The summed E-state index contributed by atoms with van der Waals surface area (Å²) in [5, 5.41) is 46.4. The van der Waals surface area contributed by atoms with Crippen molar-refractivity contribution in [3.8, 4) is 34.3 Å². The minimum atomic E-state index is -0.489. The molecular weight excluding hydrogens is 777 g/mol. The first-order chi connectivity index (χ1) is 29.6. The Morgan fingerprint density at radius 2 is 1.66 bits per heavy atom. The van der Waals surface area contributed by atoms with Crippen molar-refractivity contribution in [3.63, 3.8) is 0 Å². The van der Waals surface area contributed by atoms with Gasteiger partial charge in [-0.1, -0.05) is 56.7 Å². The number of benzene rings is 4. The molecule has 316 valence electrons. The lowest BCUT2D eigenvalue weighted by molar-refractivity contribution is -0.131. The molecule has 8 rings (SSSR count). The number of hydrogen-bond acceptors (Lipinski definition) is 12. The first kappa shape index (κ1) is 40.7. The summed E-state index contributed by atoms with van der Waals surface area (Å²) in [6, 6.07) is 21.6. The highest BCUT2D eigenvalue weighted by atomic mass is 16.3. The topological polar surface area (TPSA) is 205 Å². The van der Waals surface area contributed by atoms with Gasteiger partial charge in [0.05, 0.1) is 23.5 Å². The summed E-state index contributed by atoms with van der Waals surface area (Å²) in [6.07, 6.45) is 2.72. The SMILES string of the molecule is CCCc1cc(-c2n[nH]c(=O)n2-c2ccc(CNC(=O)CCNc3nc4c(c(N5CCN(C(=O)CC)CC5)n3)CCN(c3cc(O)cc5ccccc35)C4)cc2)c(O)cc1O. The molecule has 0 bridgehead atoms. The average molecular weight is 827 g/mol. The number of aryl methyl sites for hydroxylation is 1. The number of H-pyrrole nitrogens is 1. The molecule has 0 saturated carbocycles. The molecule has 4 heterocycles. The summed E-state index contributed by atoms with van der Waals surface area (Å²) >= 11 is 0. The van der Waals surface area contributed by atoms with E-state index in [0.29, 0.717) is 87.8 Å². The van der Waals surface area contributed by atoms with Gasteiger partial charge in [0, 0.05) is 87.4 Å². The number of aromatic amines is 1. The lowest BCUT2D eigenvalue weighted by Gasteiger charge is -2.38. The van der Waals surface area contributed by atoms with Gasteiger partial charge in [0.1, 0.15) is 23.1 Å². The highest BCUT2D eigenvalue weighted by molar-refractivity contribution is 5.95. The fraction of sp³-hybridized carbons (Fsp3) is 0.333.